The summed E-state index contributed by atoms with van der Waals surface area (Å²) in [5, 5.41) is 24.8. The van der Waals surface area contributed by atoms with Gasteiger partial charge in [0.1, 0.15) is 11.7 Å². The van der Waals surface area contributed by atoms with Crippen molar-refractivity contribution in [2.75, 3.05) is 11.9 Å². The minimum absolute atomic E-state index is 0.149. The Balaban J connectivity index is 2.65. The van der Waals surface area contributed by atoms with Gasteiger partial charge >= 0.3 is 5.97 Å². The second-order valence-electron chi connectivity index (χ2n) is 4.76. The van der Waals surface area contributed by atoms with Crippen LogP contribution < -0.4 is 10.6 Å². The van der Waals surface area contributed by atoms with E-state index in [1.807, 2.05) is 0 Å². The molecule has 0 spiro atoms. The highest BCUT2D eigenvalue weighted by Gasteiger charge is 2.23. The van der Waals surface area contributed by atoms with Crippen LogP contribution in [0, 0.1) is 16.0 Å². The fourth-order valence-electron chi connectivity index (χ4n) is 1.70. The van der Waals surface area contributed by atoms with E-state index in [-0.39, 0.29) is 23.8 Å². The first kappa shape index (κ1) is 16.4. The van der Waals surface area contributed by atoms with E-state index in [0.717, 1.165) is 0 Å². The van der Waals surface area contributed by atoms with Gasteiger partial charge in [-0.3, -0.25) is 14.9 Å². The molecule has 1 rings (SSSR count). The van der Waals surface area contributed by atoms with Crippen LogP contribution in [0.5, 0.6) is 0 Å². The molecule has 0 saturated carbocycles. The molecule has 0 aliphatic heterocycles. The third-order valence-electron chi connectivity index (χ3n) is 2.79. The molecule has 0 radical (unpaired) electrons. The van der Waals surface area contributed by atoms with E-state index in [9.17, 15) is 19.7 Å². The normalized spacial score (nSPS) is 11.8. The van der Waals surface area contributed by atoms with Crippen LogP contribution in [-0.2, 0) is 9.59 Å². The molecule has 0 bridgehead atoms. The summed E-state index contributed by atoms with van der Waals surface area (Å²) in [5.74, 6) is -1.93. The molecule has 0 aliphatic rings. The number of nitrogens with one attached hydrogen (secondary N) is 2. The number of carbonyl (C=O) groups is 2. The average Bonchev–Trinajstić information content (AvgIpc) is 2.42. The first-order valence-corrected chi connectivity index (χ1v) is 6.32. The van der Waals surface area contributed by atoms with Gasteiger partial charge in [-0.2, -0.15) is 0 Å². The second-order valence-corrected chi connectivity index (χ2v) is 4.76. The van der Waals surface area contributed by atoms with E-state index in [4.69, 9.17) is 5.11 Å². The molecule has 0 saturated heterocycles. The van der Waals surface area contributed by atoms with Crippen LogP contribution in [0.15, 0.2) is 24.3 Å². The van der Waals surface area contributed by atoms with E-state index < -0.39 is 22.8 Å². The van der Waals surface area contributed by atoms with Crippen molar-refractivity contribution < 1.29 is 19.6 Å². The van der Waals surface area contributed by atoms with Crippen molar-refractivity contribution in [3.8, 4) is 0 Å². The maximum atomic E-state index is 11.7. The van der Waals surface area contributed by atoms with Crippen molar-refractivity contribution in [1.82, 2.24) is 5.32 Å². The Kier molecular flexibility index (Phi) is 5.65. The summed E-state index contributed by atoms with van der Waals surface area (Å²) in [5.41, 5.74) is 0.0537. The molecule has 8 nitrogen and oxygen atoms in total. The molecule has 0 heterocycles. The number of carboxylic acid groups (broad SMARTS) is 1. The van der Waals surface area contributed by atoms with E-state index in [2.05, 4.69) is 10.6 Å². The monoisotopic (exact) mass is 295 g/mol. The van der Waals surface area contributed by atoms with Crippen molar-refractivity contribution >= 4 is 23.3 Å². The van der Waals surface area contributed by atoms with Gasteiger partial charge in [0, 0.05) is 6.07 Å². The zero-order chi connectivity index (χ0) is 16.0. The first-order chi connectivity index (χ1) is 9.82. The predicted octanol–water partition coefficient (Wildman–Crippen LogP) is 1.23. The van der Waals surface area contributed by atoms with Gasteiger partial charge in [0.15, 0.2) is 0 Å². The number of nitrogens with zero attached hydrogens (tertiary/aromatic N) is 1. The Labute approximate surface area is 121 Å². The highest BCUT2D eigenvalue weighted by Crippen LogP contribution is 2.22. The Bertz CT molecular complexity index is 544. The average molecular weight is 295 g/mol. The van der Waals surface area contributed by atoms with Crippen LogP contribution in [-0.4, -0.2) is 34.5 Å². The number of para-hydroxylation sites is 2. The lowest BCUT2D eigenvalue weighted by atomic mass is 10.1. The fourth-order valence-corrected chi connectivity index (χ4v) is 1.70. The highest BCUT2D eigenvalue weighted by atomic mass is 16.6. The number of amides is 1. The smallest absolute Gasteiger partial charge is 0.326 e. The lowest BCUT2D eigenvalue weighted by molar-refractivity contribution is -0.383. The SMILES string of the molecule is CC(C)[C@H](NC(=O)CNc1ccccc1[N+](=O)[O-])C(=O)O. The third-order valence-corrected chi connectivity index (χ3v) is 2.79. The van der Waals surface area contributed by atoms with E-state index in [1.165, 1.54) is 18.2 Å². The summed E-state index contributed by atoms with van der Waals surface area (Å²) < 4.78 is 0. The summed E-state index contributed by atoms with van der Waals surface area (Å²) in [6, 6.07) is 4.91. The lowest BCUT2D eigenvalue weighted by Gasteiger charge is -2.18. The molecule has 1 atom stereocenters. The molecule has 0 aliphatic carbocycles. The molecule has 8 heteroatoms. The van der Waals surface area contributed by atoms with Crippen molar-refractivity contribution in [2.24, 2.45) is 5.92 Å². The number of nitro benzene ring substituents is 1. The Hall–Kier alpha value is -2.64. The number of benzene rings is 1. The summed E-state index contributed by atoms with van der Waals surface area (Å²) in [7, 11) is 0. The van der Waals surface area contributed by atoms with Gasteiger partial charge in [-0.25, -0.2) is 4.79 Å². The minimum atomic E-state index is -1.12. The lowest BCUT2D eigenvalue weighted by Crippen LogP contribution is -2.46. The van der Waals surface area contributed by atoms with Gasteiger partial charge in [-0.15, -0.1) is 0 Å². The van der Waals surface area contributed by atoms with Gasteiger partial charge in [-0.1, -0.05) is 26.0 Å². The van der Waals surface area contributed by atoms with Crippen LogP contribution in [0.1, 0.15) is 13.8 Å². The maximum Gasteiger partial charge on any atom is 0.326 e. The summed E-state index contributed by atoms with van der Waals surface area (Å²) in [6.07, 6.45) is 0. The summed E-state index contributed by atoms with van der Waals surface area (Å²) in [6.45, 7) is 3.10. The zero-order valence-electron chi connectivity index (χ0n) is 11.7. The van der Waals surface area contributed by atoms with Crippen molar-refractivity contribution in [3.05, 3.63) is 34.4 Å². The third kappa shape index (κ3) is 4.75. The number of hydrogen-bond donors (Lipinski definition) is 3. The van der Waals surface area contributed by atoms with Crippen molar-refractivity contribution in [3.63, 3.8) is 0 Å². The van der Waals surface area contributed by atoms with E-state index >= 15 is 0 Å². The quantitative estimate of drug-likeness (QED) is 0.514. The number of aliphatic carboxylic acids is 1. The van der Waals surface area contributed by atoms with E-state index in [1.54, 1.807) is 19.9 Å². The first-order valence-electron chi connectivity index (χ1n) is 6.32. The second kappa shape index (κ2) is 7.22. The number of carboxylic acids is 1. The fraction of sp³-hybridized carbons (Fsp3) is 0.385. The zero-order valence-corrected chi connectivity index (χ0v) is 11.7. The van der Waals surface area contributed by atoms with Gasteiger partial charge in [-0.05, 0) is 12.0 Å². The van der Waals surface area contributed by atoms with Gasteiger partial charge in [0.25, 0.3) is 5.69 Å². The standard InChI is InChI=1S/C13H17N3O5/c1-8(2)12(13(18)19)15-11(17)7-14-9-5-3-4-6-10(9)16(20)21/h3-6,8,12,14H,7H2,1-2H3,(H,15,17)(H,18,19)/t12-/m0/s1. The van der Waals surface area contributed by atoms with Crippen LogP contribution >= 0.6 is 0 Å². The molecule has 114 valence electrons. The molecule has 1 aromatic rings. The molecule has 0 aromatic heterocycles. The predicted molar refractivity (Wildman–Crippen MR) is 76.0 cm³/mol. The minimum Gasteiger partial charge on any atom is -0.480 e. The number of hydrogen-bond acceptors (Lipinski definition) is 5. The summed E-state index contributed by atoms with van der Waals surface area (Å²) >= 11 is 0. The number of carbonyl (C=O) groups excluding carboxylic acids is 1. The topological polar surface area (TPSA) is 122 Å². The number of anilines is 1. The van der Waals surface area contributed by atoms with Gasteiger partial charge in [0.2, 0.25) is 5.91 Å². The van der Waals surface area contributed by atoms with Gasteiger partial charge in [0.05, 0.1) is 11.5 Å². The highest BCUT2D eigenvalue weighted by molar-refractivity contribution is 5.86. The van der Waals surface area contributed by atoms with Crippen LogP contribution in [0.25, 0.3) is 0 Å². The number of rotatable bonds is 7. The molecule has 0 unspecified atom stereocenters. The molecule has 3 N–H and O–H groups in total. The molecule has 1 aromatic carbocycles. The molecular weight excluding hydrogens is 278 g/mol. The Morgan fingerprint density at radius 3 is 2.48 bits per heavy atom. The number of nitro groups is 1. The molecule has 21 heavy (non-hydrogen) atoms. The van der Waals surface area contributed by atoms with Crippen molar-refractivity contribution in [1.29, 1.82) is 0 Å². The van der Waals surface area contributed by atoms with Crippen molar-refractivity contribution in [2.45, 2.75) is 19.9 Å². The van der Waals surface area contributed by atoms with Crippen LogP contribution in [0.2, 0.25) is 0 Å². The molecule has 1 amide bonds. The Morgan fingerprint density at radius 2 is 1.95 bits per heavy atom. The van der Waals surface area contributed by atoms with Crippen LogP contribution in [0.3, 0.4) is 0 Å². The Morgan fingerprint density at radius 1 is 1.33 bits per heavy atom. The molecular formula is C13H17N3O5. The largest absolute Gasteiger partial charge is 0.480 e. The summed E-state index contributed by atoms with van der Waals surface area (Å²) in [4.78, 5) is 32.9. The van der Waals surface area contributed by atoms with E-state index in [0.29, 0.717) is 0 Å². The molecule has 0 fully saturated rings. The van der Waals surface area contributed by atoms with Crippen LogP contribution in [0.4, 0.5) is 11.4 Å². The van der Waals surface area contributed by atoms with Gasteiger partial charge < -0.3 is 15.7 Å². The maximum absolute atomic E-state index is 11.7.